The van der Waals surface area contributed by atoms with Crippen LogP contribution in [0.25, 0.3) is 0 Å². The quantitative estimate of drug-likeness (QED) is 0.198. The first-order valence-corrected chi connectivity index (χ1v) is 17.5. The van der Waals surface area contributed by atoms with Gasteiger partial charge in [-0.05, 0) is 92.1 Å². The number of carbonyl (C=O) groups excluding carboxylic acids is 1. The molecule has 0 amide bonds. The van der Waals surface area contributed by atoms with E-state index in [4.69, 9.17) is 18.9 Å². The Morgan fingerprint density at radius 2 is 1.74 bits per heavy atom. The number of rotatable bonds is 6. The topological polar surface area (TPSA) is 196 Å². The summed E-state index contributed by atoms with van der Waals surface area (Å²) >= 11 is 0. The van der Waals surface area contributed by atoms with E-state index >= 15 is 0 Å². The Morgan fingerprint density at radius 3 is 2.45 bits per heavy atom. The second-order valence-corrected chi connectivity index (χ2v) is 16.1. The van der Waals surface area contributed by atoms with Gasteiger partial charge in [-0.3, -0.25) is 4.79 Å². The SMILES string of the molecule is C[C@@H](CO)[C@@]1(O)C2OC(=O)[C@@H]([C@H]3CC=C4C5=C(CC[C@@]43C)[C@@]3(C)CC[C@H](O[C@@H]4O[C@H](CO)[C@@H](O)[C@H](O)[C@H]4O)C[C@@H]3CC5)C2O[C@@]1(C)O. The molecule has 7 rings (SSSR count). The van der Waals surface area contributed by atoms with Crippen molar-refractivity contribution in [1.82, 2.24) is 0 Å². The normalized spacial score (nSPS) is 53.1. The zero-order valence-electron chi connectivity index (χ0n) is 27.7. The van der Waals surface area contributed by atoms with Gasteiger partial charge in [0.2, 0.25) is 0 Å². The largest absolute Gasteiger partial charge is 0.456 e. The van der Waals surface area contributed by atoms with Gasteiger partial charge in [-0.15, -0.1) is 0 Å². The maximum absolute atomic E-state index is 13.5. The molecular weight excluding hydrogens is 612 g/mol. The average molecular weight is 665 g/mol. The van der Waals surface area contributed by atoms with Gasteiger partial charge in [0, 0.05) is 12.5 Å². The highest BCUT2D eigenvalue weighted by Gasteiger charge is 2.73. The van der Waals surface area contributed by atoms with E-state index in [0.29, 0.717) is 12.3 Å². The fourth-order valence-electron chi connectivity index (χ4n) is 10.9. The molecule has 12 heteroatoms. The molecule has 0 bridgehead atoms. The number of hydrogen-bond acceptors (Lipinski definition) is 12. The molecule has 4 aliphatic carbocycles. The van der Waals surface area contributed by atoms with E-state index in [0.717, 1.165) is 44.9 Å². The summed E-state index contributed by atoms with van der Waals surface area (Å²) in [6, 6.07) is 0. The smallest absolute Gasteiger partial charge is 0.312 e. The van der Waals surface area contributed by atoms with Crippen LogP contribution < -0.4 is 0 Å². The predicted molar refractivity (Wildman–Crippen MR) is 164 cm³/mol. The molecule has 264 valence electrons. The Labute approximate surface area is 275 Å². The maximum Gasteiger partial charge on any atom is 0.312 e. The Morgan fingerprint density at radius 1 is 1.00 bits per heavy atom. The first-order valence-electron chi connectivity index (χ1n) is 17.5. The average Bonchev–Trinajstić information content (AvgIpc) is 3.61. The van der Waals surface area contributed by atoms with E-state index in [2.05, 4.69) is 19.9 Å². The Balaban J connectivity index is 1.08. The number of allylic oxidation sites excluding steroid dienone is 4. The number of carbonyl (C=O) groups is 1. The molecule has 7 N–H and O–H groups in total. The molecule has 0 aromatic carbocycles. The van der Waals surface area contributed by atoms with Gasteiger partial charge in [-0.2, -0.15) is 0 Å². The first kappa shape index (κ1) is 34.0. The summed E-state index contributed by atoms with van der Waals surface area (Å²) in [5.74, 6) is -3.62. The summed E-state index contributed by atoms with van der Waals surface area (Å²) in [6.45, 7) is 6.68. The second-order valence-electron chi connectivity index (χ2n) is 16.1. The maximum atomic E-state index is 13.5. The van der Waals surface area contributed by atoms with E-state index in [1.54, 1.807) is 6.92 Å². The third-order valence-electron chi connectivity index (χ3n) is 13.8. The number of esters is 1. The van der Waals surface area contributed by atoms with Crippen LogP contribution in [0.3, 0.4) is 0 Å². The van der Waals surface area contributed by atoms with Gasteiger partial charge >= 0.3 is 5.97 Å². The van der Waals surface area contributed by atoms with Gasteiger partial charge in [-0.1, -0.05) is 32.4 Å². The van der Waals surface area contributed by atoms with Gasteiger partial charge in [-0.25, -0.2) is 0 Å². The third kappa shape index (κ3) is 4.73. The minimum atomic E-state index is -1.99. The predicted octanol–water partition coefficient (Wildman–Crippen LogP) is 0.823. The molecule has 7 aliphatic rings. The lowest BCUT2D eigenvalue weighted by Gasteiger charge is -2.54. The van der Waals surface area contributed by atoms with Gasteiger partial charge < -0.3 is 54.7 Å². The number of ether oxygens (including phenoxy) is 4. The van der Waals surface area contributed by atoms with E-state index in [9.17, 15) is 40.5 Å². The summed E-state index contributed by atoms with van der Waals surface area (Å²) in [6.07, 6.45) is 0.402. The van der Waals surface area contributed by atoms with Gasteiger partial charge in [0.25, 0.3) is 0 Å². The standard InChI is InChI=1S/C35H52O12/c1-16(14-36)35(43)29-28(47-34(35,4)42)24(30(41)46-29)22-8-7-20-19-6-5-17-13-18(9-11-32(17,2)21(19)10-12-33(20,22)3)44-31-27(40)26(39)25(38)23(15-37)45-31/h7,16-18,22-29,31,36-40,42-43H,5-6,8-15H2,1-4H3/t16-,17-,18-,22+,23+,24-,25+,26-,27+,28?,29?,31+,32-,33-,34+,35+/m0/s1. The Hall–Kier alpha value is -1.45. The lowest BCUT2D eigenvalue weighted by atomic mass is 9.51. The molecule has 3 heterocycles. The lowest BCUT2D eigenvalue weighted by molar-refractivity contribution is -0.315. The summed E-state index contributed by atoms with van der Waals surface area (Å²) in [5, 5.41) is 73.1. The van der Waals surface area contributed by atoms with Gasteiger partial charge in [0.1, 0.15) is 30.5 Å². The van der Waals surface area contributed by atoms with Crippen LogP contribution in [0.15, 0.2) is 22.8 Å². The molecule has 4 fully saturated rings. The van der Waals surface area contributed by atoms with Crippen LogP contribution in [-0.4, -0.2) is 115 Å². The van der Waals surface area contributed by atoms with Gasteiger partial charge in [0.15, 0.2) is 23.8 Å². The first-order chi connectivity index (χ1) is 22.1. The van der Waals surface area contributed by atoms with Crippen molar-refractivity contribution in [2.45, 2.75) is 139 Å². The molecule has 1 saturated carbocycles. The minimum absolute atomic E-state index is 0.0370. The molecule has 0 aromatic heterocycles. The number of aliphatic hydroxyl groups excluding tert-OH is 5. The Bertz CT molecular complexity index is 1330. The highest BCUT2D eigenvalue weighted by atomic mass is 16.7. The van der Waals surface area contributed by atoms with Crippen molar-refractivity contribution >= 4 is 5.97 Å². The monoisotopic (exact) mass is 664 g/mol. The van der Waals surface area contributed by atoms with Crippen LogP contribution in [0.2, 0.25) is 0 Å². The number of hydrogen-bond donors (Lipinski definition) is 7. The van der Waals surface area contributed by atoms with E-state index in [1.165, 1.54) is 23.6 Å². The van der Waals surface area contributed by atoms with Crippen molar-refractivity contribution in [2.75, 3.05) is 13.2 Å². The molecule has 3 aliphatic heterocycles. The second kappa shape index (κ2) is 11.5. The van der Waals surface area contributed by atoms with E-state index in [1.807, 2.05) is 0 Å². The van der Waals surface area contributed by atoms with Crippen molar-refractivity contribution in [3.05, 3.63) is 22.8 Å². The lowest BCUT2D eigenvalue weighted by Crippen LogP contribution is -2.60. The molecule has 47 heavy (non-hydrogen) atoms. The highest BCUT2D eigenvalue weighted by molar-refractivity contribution is 5.77. The molecule has 0 spiro atoms. The van der Waals surface area contributed by atoms with E-state index in [-0.39, 0.29) is 22.9 Å². The number of fused-ring (bicyclic) bond motifs is 5. The van der Waals surface area contributed by atoms with Crippen molar-refractivity contribution < 1.29 is 59.5 Å². The van der Waals surface area contributed by atoms with Crippen LogP contribution in [0.5, 0.6) is 0 Å². The van der Waals surface area contributed by atoms with Crippen molar-refractivity contribution in [3.63, 3.8) is 0 Å². The van der Waals surface area contributed by atoms with Crippen molar-refractivity contribution in [3.8, 4) is 0 Å². The number of aliphatic hydroxyl groups is 7. The molecule has 3 saturated heterocycles. The fourth-order valence-corrected chi connectivity index (χ4v) is 10.9. The summed E-state index contributed by atoms with van der Waals surface area (Å²) < 4.78 is 23.7. The zero-order valence-corrected chi connectivity index (χ0v) is 27.7. The molecule has 0 aromatic rings. The van der Waals surface area contributed by atoms with Crippen LogP contribution >= 0.6 is 0 Å². The van der Waals surface area contributed by atoms with Crippen molar-refractivity contribution in [2.24, 2.45) is 34.5 Å². The third-order valence-corrected chi connectivity index (χ3v) is 13.8. The van der Waals surface area contributed by atoms with Crippen LogP contribution in [0.1, 0.15) is 79.1 Å². The molecule has 0 radical (unpaired) electrons. The molecule has 12 nitrogen and oxygen atoms in total. The van der Waals surface area contributed by atoms with Gasteiger partial charge in [0.05, 0.1) is 18.6 Å². The fraction of sp³-hybridized carbons (Fsp3) is 0.857. The Kier molecular flexibility index (Phi) is 8.36. The van der Waals surface area contributed by atoms with Crippen molar-refractivity contribution in [1.29, 1.82) is 0 Å². The molecular formula is C35H52O12. The van der Waals surface area contributed by atoms with Crippen LogP contribution in [0, 0.1) is 34.5 Å². The summed E-state index contributed by atoms with van der Waals surface area (Å²) in [4.78, 5) is 13.5. The zero-order chi connectivity index (χ0) is 33.8. The molecule has 2 unspecified atom stereocenters. The van der Waals surface area contributed by atoms with Crippen LogP contribution in [0.4, 0.5) is 0 Å². The molecule has 16 atom stereocenters. The van der Waals surface area contributed by atoms with Crippen LogP contribution in [-0.2, 0) is 23.7 Å². The van der Waals surface area contributed by atoms with E-state index < -0.39 is 85.3 Å². The highest BCUT2D eigenvalue weighted by Crippen LogP contribution is 2.66. The summed E-state index contributed by atoms with van der Waals surface area (Å²) in [7, 11) is 0. The summed E-state index contributed by atoms with van der Waals surface area (Å²) in [5.41, 5.74) is 1.88. The minimum Gasteiger partial charge on any atom is -0.456 e.